The number of benzene rings is 1. The molecule has 39 heavy (non-hydrogen) atoms. The maximum atomic E-state index is 13.3. The van der Waals surface area contributed by atoms with E-state index in [0.717, 1.165) is 12.8 Å². The number of likely N-dealkylation sites (tertiary alicyclic amines) is 1. The van der Waals surface area contributed by atoms with Gasteiger partial charge in [0, 0.05) is 38.0 Å². The number of halogens is 1. The summed E-state index contributed by atoms with van der Waals surface area (Å²) < 4.78 is 28.4. The van der Waals surface area contributed by atoms with Gasteiger partial charge >= 0.3 is 5.97 Å². The van der Waals surface area contributed by atoms with E-state index >= 15 is 0 Å². The summed E-state index contributed by atoms with van der Waals surface area (Å²) in [5, 5.41) is 31.2. The van der Waals surface area contributed by atoms with E-state index in [2.05, 4.69) is 15.4 Å². The van der Waals surface area contributed by atoms with Crippen molar-refractivity contribution < 1.29 is 27.9 Å². The molecule has 1 aliphatic heterocycles. The maximum absolute atomic E-state index is 13.3. The number of ketones is 1. The number of aliphatic carboxylic acids is 1. The van der Waals surface area contributed by atoms with E-state index in [1.54, 1.807) is 4.90 Å². The minimum absolute atomic E-state index is 0. The Hall–Kier alpha value is -3.25. The molecule has 1 aromatic rings. The molecule has 3 unspecified atom stereocenters. The number of rotatable bonds is 12. The number of piperidine rings is 1. The Bertz CT molecular complexity index is 1220. The zero-order valence-electron chi connectivity index (χ0n) is 21.4. The summed E-state index contributed by atoms with van der Waals surface area (Å²) in [6.45, 7) is 2.92. The molecule has 214 valence electrons. The number of carbonyl (C=O) groups is 3. The molecular formula is C24H34ClN7O6S. The third kappa shape index (κ3) is 8.89. The van der Waals surface area contributed by atoms with Gasteiger partial charge in [-0.1, -0.05) is 0 Å². The maximum Gasteiger partial charge on any atom is 0.320 e. The number of Topliss-reactive ketones (excluding diaryl/α,β-unsaturated/α-hetero) is 1. The van der Waals surface area contributed by atoms with Gasteiger partial charge in [0.15, 0.2) is 11.7 Å². The van der Waals surface area contributed by atoms with Crippen molar-refractivity contribution in [2.75, 3.05) is 19.6 Å². The number of amides is 1. The number of hydrogen-bond donors (Lipinski definition) is 6. The highest BCUT2D eigenvalue weighted by Gasteiger charge is 2.47. The molecule has 15 heteroatoms. The Balaban J connectivity index is 0.00000533. The lowest BCUT2D eigenvalue weighted by atomic mass is 9.98. The zero-order valence-corrected chi connectivity index (χ0v) is 23.1. The Morgan fingerprint density at radius 3 is 2.54 bits per heavy atom. The average molecular weight is 584 g/mol. The predicted octanol–water partition coefficient (Wildman–Crippen LogP) is -0.241. The van der Waals surface area contributed by atoms with E-state index in [1.165, 1.54) is 31.2 Å². The zero-order chi connectivity index (χ0) is 28.0. The lowest BCUT2D eigenvalue weighted by molar-refractivity contribution is -0.139. The summed E-state index contributed by atoms with van der Waals surface area (Å²) in [5.74, 6) is -2.72. The number of sulfonamides is 1. The summed E-state index contributed by atoms with van der Waals surface area (Å²) in [7, 11) is -4.21. The van der Waals surface area contributed by atoms with Gasteiger partial charge in [-0.15, -0.1) is 12.4 Å². The summed E-state index contributed by atoms with van der Waals surface area (Å²) in [4.78, 5) is 38.8. The minimum atomic E-state index is -4.21. The number of nitrogens with two attached hydrogens (primary N) is 1. The van der Waals surface area contributed by atoms with Crippen LogP contribution in [0.25, 0.3) is 0 Å². The first kappa shape index (κ1) is 32.0. The van der Waals surface area contributed by atoms with Gasteiger partial charge in [-0.2, -0.15) is 5.26 Å². The van der Waals surface area contributed by atoms with E-state index in [-0.39, 0.29) is 41.3 Å². The summed E-state index contributed by atoms with van der Waals surface area (Å²) >= 11 is 0. The molecule has 2 fully saturated rings. The molecule has 0 aromatic heterocycles. The van der Waals surface area contributed by atoms with Crippen LogP contribution in [-0.4, -0.2) is 79.8 Å². The first-order chi connectivity index (χ1) is 17.9. The quantitative estimate of drug-likeness (QED) is 0.140. The van der Waals surface area contributed by atoms with Crippen LogP contribution in [0.2, 0.25) is 0 Å². The van der Waals surface area contributed by atoms with E-state index in [1.807, 2.05) is 6.07 Å². The number of carboxylic acid groups (broad SMARTS) is 1. The Morgan fingerprint density at radius 2 is 1.95 bits per heavy atom. The smallest absolute Gasteiger partial charge is 0.320 e. The number of nitriles is 1. The van der Waals surface area contributed by atoms with Crippen LogP contribution in [0.1, 0.15) is 38.2 Å². The molecule has 2 aliphatic rings. The van der Waals surface area contributed by atoms with Crippen LogP contribution in [0.15, 0.2) is 29.2 Å². The van der Waals surface area contributed by atoms with E-state index in [0.29, 0.717) is 19.5 Å². The van der Waals surface area contributed by atoms with E-state index < -0.39 is 58.1 Å². The van der Waals surface area contributed by atoms with Gasteiger partial charge in [-0.3, -0.25) is 19.8 Å². The van der Waals surface area contributed by atoms with Crippen LogP contribution in [-0.2, 0) is 24.4 Å². The predicted molar refractivity (Wildman–Crippen MR) is 143 cm³/mol. The van der Waals surface area contributed by atoms with Crippen LogP contribution < -0.4 is 21.1 Å². The molecule has 1 heterocycles. The molecule has 0 bridgehead atoms. The lowest BCUT2D eigenvalue weighted by Crippen LogP contribution is -2.48. The number of carbonyl (C=O) groups excluding carboxylic acids is 2. The first-order valence-electron chi connectivity index (χ1n) is 12.3. The van der Waals surface area contributed by atoms with Gasteiger partial charge in [-0.25, -0.2) is 13.1 Å². The summed E-state index contributed by atoms with van der Waals surface area (Å²) in [6, 6.07) is 4.36. The van der Waals surface area contributed by atoms with E-state index in [4.69, 9.17) is 21.5 Å². The van der Waals surface area contributed by atoms with Gasteiger partial charge in [0.25, 0.3) is 0 Å². The van der Waals surface area contributed by atoms with Crippen molar-refractivity contribution in [1.29, 1.82) is 10.7 Å². The lowest BCUT2D eigenvalue weighted by Gasteiger charge is -2.33. The fourth-order valence-corrected chi connectivity index (χ4v) is 5.68. The minimum Gasteiger partial charge on any atom is -0.480 e. The van der Waals surface area contributed by atoms with Crippen LogP contribution in [0.4, 0.5) is 0 Å². The topological polar surface area (TPSA) is 219 Å². The number of carboxylic acids is 1. The highest BCUT2D eigenvalue weighted by atomic mass is 35.5. The highest BCUT2D eigenvalue weighted by molar-refractivity contribution is 7.89. The standard InChI is InChI=1S/C24H33N7O6S.ClH/c1-14(23(34)35)29-19-9-18(19)22(33)20(30-38(36,37)17-6-4-15(11-25)5-7-17)10-21(32)28-12-16-3-2-8-31(13-16)24(26)27;/h4-7,14,16,18-20,29-30H,2-3,8-10,12-13H2,1H3,(H3,26,27)(H,28,32)(H,34,35);1H/t14?,16-,18?,19-,20?;/m0./s1. The molecule has 7 N–H and O–H groups in total. The monoisotopic (exact) mass is 583 g/mol. The van der Waals surface area contributed by atoms with Crippen molar-refractivity contribution >= 4 is 46.0 Å². The Kier molecular flexibility index (Phi) is 11.2. The average Bonchev–Trinajstić information content (AvgIpc) is 3.65. The number of nitrogens with one attached hydrogen (secondary N) is 4. The molecule has 0 spiro atoms. The van der Waals surface area contributed by atoms with Crippen molar-refractivity contribution in [2.45, 2.75) is 55.6 Å². The van der Waals surface area contributed by atoms with Gasteiger partial charge < -0.3 is 26.4 Å². The van der Waals surface area contributed by atoms with Crippen LogP contribution in [0.5, 0.6) is 0 Å². The highest BCUT2D eigenvalue weighted by Crippen LogP contribution is 2.33. The van der Waals surface area contributed by atoms with Crippen LogP contribution >= 0.6 is 12.4 Å². The molecule has 13 nitrogen and oxygen atoms in total. The molecule has 1 saturated heterocycles. The molecule has 1 saturated carbocycles. The van der Waals surface area contributed by atoms with Crippen molar-refractivity contribution in [3.8, 4) is 6.07 Å². The number of guanidine groups is 1. The Labute approximate surface area is 233 Å². The summed E-state index contributed by atoms with van der Waals surface area (Å²) in [5.41, 5.74) is 5.83. The molecule has 1 amide bonds. The van der Waals surface area contributed by atoms with E-state index in [9.17, 15) is 22.8 Å². The fraction of sp³-hybridized carbons (Fsp3) is 0.542. The van der Waals surface area contributed by atoms with Crippen molar-refractivity contribution in [2.24, 2.45) is 17.6 Å². The second-order valence-electron chi connectivity index (χ2n) is 9.74. The molecule has 5 atom stereocenters. The molecule has 3 rings (SSSR count). The van der Waals surface area contributed by atoms with Crippen LogP contribution in [0, 0.1) is 28.6 Å². The SMILES string of the molecule is CC(N[C@H]1CC1C(=O)C(CC(=O)NC[C@@H]1CCCN(C(=N)N)C1)NS(=O)(=O)c1ccc(C#N)cc1)C(=O)O.Cl. The summed E-state index contributed by atoms with van der Waals surface area (Å²) in [6.07, 6.45) is 1.54. The van der Waals surface area contributed by atoms with Gasteiger partial charge in [0.1, 0.15) is 6.04 Å². The largest absolute Gasteiger partial charge is 0.480 e. The normalized spacial score (nSPS) is 21.9. The molecular weight excluding hydrogens is 550 g/mol. The van der Waals surface area contributed by atoms with Crippen molar-refractivity contribution in [3.05, 3.63) is 29.8 Å². The van der Waals surface area contributed by atoms with Crippen molar-refractivity contribution in [3.63, 3.8) is 0 Å². The molecule has 1 aromatic carbocycles. The Morgan fingerprint density at radius 1 is 1.28 bits per heavy atom. The molecule has 1 aliphatic carbocycles. The third-order valence-electron chi connectivity index (χ3n) is 6.76. The fourth-order valence-electron chi connectivity index (χ4n) is 4.47. The second kappa shape index (κ2) is 13.7. The van der Waals surface area contributed by atoms with Crippen LogP contribution in [0.3, 0.4) is 0 Å². The third-order valence-corrected chi connectivity index (χ3v) is 8.25. The van der Waals surface area contributed by atoms with Gasteiger partial charge in [0.2, 0.25) is 15.9 Å². The molecule has 0 radical (unpaired) electrons. The van der Waals surface area contributed by atoms with Gasteiger partial charge in [0.05, 0.1) is 22.6 Å². The number of hydrogen-bond acceptors (Lipinski definition) is 8. The first-order valence-corrected chi connectivity index (χ1v) is 13.8. The second-order valence-corrected chi connectivity index (χ2v) is 11.4. The number of nitrogens with zero attached hydrogens (tertiary/aromatic N) is 2. The van der Waals surface area contributed by atoms with Crippen molar-refractivity contribution in [1.82, 2.24) is 20.3 Å². The van der Waals surface area contributed by atoms with Gasteiger partial charge in [-0.05, 0) is 56.4 Å².